The normalized spacial score (nSPS) is 14.4. The Bertz CT molecular complexity index is 397. The van der Waals surface area contributed by atoms with Crippen molar-refractivity contribution < 1.29 is 20.2 Å². The van der Waals surface area contributed by atoms with Crippen LogP contribution in [0.1, 0.15) is 11.7 Å². The summed E-state index contributed by atoms with van der Waals surface area (Å²) in [6, 6.07) is 3.36. The van der Waals surface area contributed by atoms with Crippen molar-refractivity contribution in [1.29, 1.82) is 0 Å². The van der Waals surface area contributed by atoms with E-state index in [1.54, 1.807) is 0 Å². The van der Waals surface area contributed by atoms with Gasteiger partial charge < -0.3 is 15.3 Å². The van der Waals surface area contributed by atoms with Gasteiger partial charge in [-0.25, -0.2) is 0 Å². The maximum atomic E-state index is 10.7. The number of halogens is 1. The van der Waals surface area contributed by atoms with E-state index in [9.17, 15) is 20.3 Å². The number of nitro benzene ring substituents is 1. The summed E-state index contributed by atoms with van der Waals surface area (Å²) in [6.45, 7) is 0. The van der Waals surface area contributed by atoms with Gasteiger partial charge in [-0.05, 0) is 12.1 Å². The summed E-state index contributed by atoms with van der Waals surface area (Å²) in [7, 11) is 0. The second kappa shape index (κ2) is 5.24. The lowest BCUT2D eigenvalue weighted by Gasteiger charge is -2.15. The van der Waals surface area contributed by atoms with E-state index in [0.717, 1.165) is 6.07 Å². The number of phenolic OH excluding ortho intramolecular Hbond substituents is 1. The standard InChI is InChI=1S/C9H10BrNO5/c10-4-8(13)9(14)6-2-1-5(12)3-7(6)11(15)16/h1-3,8-9,12-14H,4H2. The Balaban J connectivity index is 3.17. The molecule has 1 aromatic rings. The lowest BCUT2D eigenvalue weighted by atomic mass is 10.0. The van der Waals surface area contributed by atoms with Crippen molar-refractivity contribution in [3.63, 3.8) is 0 Å². The molecule has 0 aliphatic rings. The molecule has 0 aliphatic carbocycles. The van der Waals surface area contributed by atoms with E-state index in [1.165, 1.54) is 12.1 Å². The number of benzene rings is 1. The molecule has 3 N–H and O–H groups in total. The molecule has 0 aliphatic heterocycles. The molecule has 2 unspecified atom stereocenters. The molecule has 2 atom stereocenters. The summed E-state index contributed by atoms with van der Waals surface area (Å²) >= 11 is 2.96. The highest BCUT2D eigenvalue weighted by Gasteiger charge is 2.25. The van der Waals surface area contributed by atoms with Crippen LogP contribution in [0.3, 0.4) is 0 Å². The molecule has 0 amide bonds. The molecule has 6 nitrogen and oxygen atoms in total. The fraction of sp³-hybridized carbons (Fsp3) is 0.333. The van der Waals surface area contributed by atoms with Crippen LogP contribution in [0.4, 0.5) is 5.69 Å². The highest BCUT2D eigenvalue weighted by molar-refractivity contribution is 9.09. The predicted molar refractivity (Wildman–Crippen MR) is 59.5 cm³/mol. The molecule has 0 bridgehead atoms. The van der Waals surface area contributed by atoms with E-state index in [4.69, 9.17) is 5.11 Å². The van der Waals surface area contributed by atoms with Crippen molar-refractivity contribution in [3.05, 3.63) is 33.9 Å². The van der Waals surface area contributed by atoms with Crippen LogP contribution in [0.15, 0.2) is 18.2 Å². The summed E-state index contributed by atoms with van der Waals surface area (Å²) in [5.74, 6) is -0.268. The van der Waals surface area contributed by atoms with Gasteiger partial charge in [0.05, 0.1) is 22.7 Å². The average molecular weight is 292 g/mol. The van der Waals surface area contributed by atoms with Crippen LogP contribution in [0, 0.1) is 10.1 Å². The van der Waals surface area contributed by atoms with Gasteiger partial charge in [0, 0.05) is 5.33 Å². The molecule has 88 valence electrons. The molecule has 1 rings (SSSR count). The van der Waals surface area contributed by atoms with Gasteiger partial charge in [-0.2, -0.15) is 0 Å². The van der Waals surface area contributed by atoms with E-state index in [0.29, 0.717) is 0 Å². The molecule has 16 heavy (non-hydrogen) atoms. The van der Waals surface area contributed by atoms with Gasteiger partial charge in [-0.3, -0.25) is 10.1 Å². The minimum Gasteiger partial charge on any atom is -0.508 e. The smallest absolute Gasteiger partial charge is 0.278 e. The molecular formula is C9H10BrNO5. The highest BCUT2D eigenvalue weighted by Crippen LogP contribution is 2.30. The summed E-state index contributed by atoms with van der Waals surface area (Å²) in [5, 5.41) is 38.9. The van der Waals surface area contributed by atoms with E-state index < -0.39 is 22.8 Å². The van der Waals surface area contributed by atoms with Gasteiger partial charge in [0.25, 0.3) is 5.69 Å². The number of hydrogen-bond acceptors (Lipinski definition) is 5. The largest absolute Gasteiger partial charge is 0.508 e. The minimum atomic E-state index is -1.37. The van der Waals surface area contributed by atoms with Gasteiger partial charge in [0.2, 0.25) is 0 Å². The SMILES string of the molecule is O=[N+]([O-])c1cc(O)ccc1C(O)C(O)CBr. The van der Waals surface area contributed by atoms with Gasteiger partial charge in [0.15, 0.2) is 0 Å². The molecule has 7 heteroatoms. The van der Waals surface area contributed by atoms with Crippen LogP contribution in [0.25, 0.3) is 0 Å². The monoisotopic (exact) mass is 291 g/mol. The van der Waals surface area contributed by atoms with Crippen molar-refractivity contribution in [1.82, 2.24) is 0 Å². The van der Waals surface area contributed by atoms with Crippen molar-refractivity contribution in [3.8, 4) is 5.75 Å². The minimum absolute atomic E-state index is 0.0326. The average Bonchev–Trinajstić information content (AvgIpc) is 2.26. The van der Waals surface area contributed by atoms with Crippen molar-refractivity contribution in [2.24, 2.45) is 0 Å². The Morgan fingerprint density at radius 2 is 2.06 bits per heavy atom. The van der Waals surface area contributed by atoms with Crippen LogP contribution >= 0.6 is 15.9 Å². The van der Waals surface area contributed by atoms with E-state index >= 15 is 0 Å². The Labute approximate surface area is 99.4 Å². The second-order valence-electron chi connectivity index (χ2n) is 3.17. The second-order valence-corrected chi connectivity index (χ2v) is 3.81. The fourth-order valence-corrected chi connectivity index (χ4v) is 1.59. The maximum absolute atomic E-state index is 10.7. The molecule has 0 heterocycles. The Morgan fingerprint density at radius 1 is 1.44 bits per heavy atom. The van der Waals surface area contributed by atoms with Crippen LogP contribution in [0.5, 0.6) is 5.75 Å². The molecule has 0 spiro atoms. The third-order valence-corrected chi connectivity index (χ3v) is 2.72. The van der Waals surface area contributed by atoms with Crippen molar-refractivity contribution in [2.75, 3.05) is 5.33 Å². The third-order valence-electron chi connectivity index (χ3n) is 2.05. The molecule has 0 radical (unpaired) electrons. The molecule has 0 saturated carbocycles. The quantitative estimate of drug-likeness (QED) is 0.438. The topological polar surface area (TPSA) is 104 Å². The lowest BCUT2D eigenvalue weighted by molar-refractivity contribution is -0.386. The Kier molecular flexibility index (Phi) is 4.22. The third kappa shape index (κ3) is 2.69. The number of nitrogens with zero attached hydrogens (tertiary/aromatic N) is 1. The summed E-state index contributed by atoms with van der Waals surface area (Å²) in [5.41, 5.74) is -0.456. The molecule has 1 aromatic carbocycles. The maximum Gasteiger partial charge on any atom is 0.278 e. The number of phenols is 1. The van der Waals surface area contributed by atoms with E-state index in [1.807, 2.05) is 0 Å². The van der Waals surface area contributed by atoms with Crippen LogP contribution in [0.2, 0.25) is 0 Å². The number of nitro groups is 1. The summed E-state index contributed by atoms with van der Waals surface area (Å²) in [6.07, 6.45) is -2.52. The first-order valence-corrected chi connectivity index (χ1v) is 5.49. The highest BCUT2D eigenvalue weighted by atomic mass is 79.9. The molecule has 0 fully saturated rings. The first kappa shape index (κ1) is 12.9. The number of hydrogen-bond donors (Lipinski definition) is 3. The first-order chi connectivity index (χ1) is 7.47. The zero-order chi connectivity index (χ0) is 12.3. The summed E-state index contributed by atoms with van der Waals surface area (Å²) in [4.78, 5) is 9.96. The predicted octanol–water partition coefficient (Wildman–Crippen LogP) is 1.09. The number of aromatic hydroxyl groups is 1. The molecule has 0 aromatic heterocycles. The lowest BCUT2D eigenvalue weighted by Crippen LogP contribution is -2.20. The van der Waals surface area contributed by atoms with Crippen LogP contribution in [-0.2, 0) is 0 Å². The van der Waals surface area contributed by atoms with Crippen molar-refractivity contribution >= 4 is 21.6 Å². The fourth-order valence-electron chi connectivity index (χ4n) is 1.23. The van der Waals surface area contributed by atoms with Gasteiger partial charge >= 0.3 is 0 Å². The van der Waals surface area contributed by atoms with Gasteiger partial charge in [0.1, 0.15) is 11.9 Å². The van der Waals surface area contributed by atoms with Crippen LogP contribution in [-0.4, -0.2) is 31.7 Å². The van der Waals surface area contributed by atoms with Gasteiger partial charge in [-0.15, -0.1) is 0 Å². The Hall–Kier alpha value is -1.18. The summed E-state index contributed by atoms with van der Waals surface area (Å²) < 4.78 is 0. The van der Waals surface area contributed by atoms with Crippen LogP contribution < -0.4 is 0 Å². The van der Waals surface area contributed by atoms with E-state index in [2.05, 4.69) is 15.9 Å². The first-order valence-electron chi connectivity index (χ1n) is 4.36. The Morgan fingerprint density at radius 3 is 2.56 bits per heavy atom. The molecular weight excluding hydrogens is 282 g/mol. The van der Waals surface area contributed by atoms with E-state index in [-0.39, 0.29) is 16.6 Å². The van der Waals surface area contributed by atoms with Gasteiger partial charge in [-0.1, -0.05) is 15.9 Å². The number of rotatable bonds is 4. The number of aliphatic hydroxyl groups excluding tert-OH is 2. The number of alkyl halides is 1. The zero-order valence-electron chi connectivity index (χ0n) is 8.08. The number of aliphatic hydroxyl groups is 2. The van der Waals surface area contributed by atoms with Crippen molar-refractivity contribution in [2.45, 2.75) is 12.2 Å². The molecule has 0 saturated heterocycles. The zero-order valence-corrected chi connectivity index (χ0v) is 9.66.